The molecule has 0 aliphatic carbocycles. The molecule has 0 radical (unpaired) electrons. The van der Waals surface area contributed by atoms with E-state index in [1.807, 2.05) is 10.8 Å². The average molecular weight is 501 g/mol. The van der Waals surface area contributed by atoms with E-state index in [0.29, 0.717) is 39.5 Å². The number of anilines is 1. The highest BCUT2D eigenvalue weighted by Crippen LogP contribution is 2.33. The standard InChI is InChI=1S/C22H20N4O6S2/c1-14(27)26-34(29,30)16-8-6-15(7-9-16)23-19(28)10-13-33-22-24-20(17-4-2-11-31-17)21(25-22)18-5-3-12-32-18/h2-9,11-12H,10,13H2,1H3,(H,23,28)(H,24,25)(H,26,27). The van der Waals surface area contributed by atoms with Crippen LogP contribution in [0.4, 0.5) is 5.69 Å². The molecule has 2 amide bonds. The van der Waals surface area contributed by atoms with E-state index in [2.05, 4.69) is 15.3 Å². The van der Waals surface area contributed by atoms with Gasteiger partial charge in [0.25, 0.3) is 10.0 Å². The lowest BCUT2D eigenvalue weighted by molar-refractivity contribution is -0.117. The molecule has 12 heteroatoms. The van der Waals surface area contributed by atoms with Crippen molar-refractivity contribution in [3.8, 4) is 22.9 Å². The normalized spacial score (nSPS) is 11.3. The Balaban J connectivity index is 1.35. The van der Waals surface area contributed by atoms with Gasteiger partial charge in [0.2, 0.25) is 11.8 Å². The Bertz CT molecular complexity index is 1320. The number of hydrogen-bond acceptors (Lipinski definition) is 8. The molecule has 0 aliphatic rings. The number of thioether (sulfide) groups is 1. The zero-order chi connectivity index (χ0) is 24.1. The SMILES string of the molecule is CC(=O)NS(=O)(=O)c1ccc(NC(=O)CCSc2nc(-c3ccco3)c(-c3ccco3)[nH]2)cc1. The smallest absolute Gasteiger partial charge is 0.264 e. The number of aromatic amines is 1. The van der Waals surface area contributed by atoms with Crippen LogP contribution in [0.1, 0.15) is 13.3 Å². The first kappa shape index (κ1) is 23.4. The summed E-state index contributed by atoms with van der Waals surface area (Å²) in [5.41, 5.74) is 1.73. The van der Waals surface area contributed by atoms with Gasteiger partial charge in [0.05, 0.1) is 17.4 Å². The topological polar surface area (TPSA) is 147 Å². The van der Waals surface area contributed by atoms with Gasteiger partial charge in [-0.2, -0.15) is 0 Å². The van der Waals surface area contributed by atoms with Crippen molar-refractivity contribution in [1.29, 1.82) is 0 Å². The number of nitrogens with one attached hydrogen (secondary N) is 3. The quantitative estimate of drug-likeness (QED) is 0.293. The lowest BCUT2D eigenvalue weighted by atomic mass is 10.2. The van der Waals surface area contributed by atoms with Gasteiger partial charge in [-0.05, 0) is 48.5 Å². The van der Waals surface area contributed by atoms with E-state index in [0.717, 1.165) is 6.92 Å². The Morgan fingerprint density at radius 1 is 1.03 bits per heavy atom. The fraction of sp³-hybridized carbons (Fsp3) is 0.136. The van der Waals surface area contributed by atoms with E-state index >= 15 is 0 Å². The Morgan fingerprint density at radius 2 is 1.71 bits per heavy atom. The molecule has 0 spiro atoms. The van der Waals surface area contributed by atoms with Gasteiger partial charge in [-0.15, -0.1) is 0 Å². The fourth-order valence-corrected chi connectivity index (χ4v) is 4.84. The lowest BCUT2D eigenvalue weighted by Gasteiger charge is -2.07. The molecule has 1 aromatic carbocycles. The fourth-order valence-electron chi connectivity index (χ4n) is 3.04. The van der Waals surface area contributed by atoms with Crippen LogP contribution in [0.3, 0.4) is 0 Å². The number of amides is 2. The van der Waals surface area contributed by atoms with Crippen molar-refractivity contribution in [3.63, 3.8) is 0 Å². The highest BCUT2D eigenvalue weighted by Gasteiger charge is 2.19. The third-order valence-electron chi connectivity index (χ3n) is 4.50. The molecule has 4 rings (SSSR count). The van der Waals surface area contributed by atoms with E-state index in [9.17, 15) is 18.0 Å². The lowest BCUT2D eigenvalue weighted by Crippen LogP contribution is -2.28. The van der Waals surface area contributed by atoms with Crippen LogP contribution in [-0.4, -0.2) is 36.0 Å². The molecule has 3 N–H and O–H groups in total. The van der Waals surface area contributed by atoms with E-state index < -0.39 is 15.9 Å². The number of H-pyrrole nitrogens is 1. The summed E-state index contributed by atoms with van der Waals surface area (Å²) in [6.07, 6.45) is 3.33. The maximum Gasteiger partial charge on any atom is 0.264 e. The number of benzene rings is 1. The largest absolute Gasteiger partial charge is 0.463 e. The zero-order valence-corrected chi connectivity index (χ0v) is 19.5. The Morgan fingerprint density at radius 3 is 2.32 bits per heavy atom. The third-order valence-corrected chi connectivity index (χ3v) is 6.82. The Kier molecular flexibility index (Phi) is 6.89. The van der Waals surface area contributed by atoms with Crippen molar-refractivity contribution in [2.24, 2.45) is 0 Å². The van der Waals surface area contributed by atoms with Gasteiger partial charge in [-0.25, -0.2) is 18.1 Å². The van der Waals surface area contributed by atoms with Crippen molar-refractivity contribution >= 4 is 39.3 Å². The number of rotatable bonds is 9. The van der Waals surface area contributed by atoms with Crippen molar-refractivity contribution in [2.75, 3.05) is 11.1 Å². The second-order valence-corrected chi connectivity index (χ2v) is 9.82. The summed E-state index contributed by atoms with van der Waals surface area (Å²) in [4.78, 5) is 31.0. The number of carbonyl (C=O) groups is 2. The van der Waals surface area contributed by atoms with Crippen molar-refractivity contribution in [2.45, 2.75) is 23.4 Å². The molecule has 34 heavy (non-hydrogen) atoms. The van der Waals surface area contributed by atoms with Crippen molar-refractivity contribution in [3.05, 3.63) is 61.1 Å². The molecule has 10 nitrogen and oxygen atoms in total. The molecule has 0 atom stereocenters. The zero-order valence-electron chi connectivity index (χ0n) is 17.9. The van der Waals surface area contributed by atoms with Gasteiger partial charge in [-0.1, -0.05) is 11.8 Å². The minimum absolute atomic E-state index is 0.0752. The summed E-state index contributed by atoms with van der Waals surface area (Å²) >= 11 is 1.37. The molecule has 0 bridgehead atoms. The summed E-state index contributed by atoms with van der Waals surface area (Å²) in [5, 5.41) is 3.32. The van der Waals surface area contributed by atoms with Gasteiger partial charge in [0, 0.05) is 24.8 Å². The molecular weight excluding hydrogens is 480 g/mol. The van der Waals surface area contributed by atoms with Crippen molar-refractivity contribution < 1.29 is 26.8 Å². The summed E-state index contributed by atoms with van der Waals surface area (Å²) < 4.78 is 36.8. The van der Waals surface area contributed by atoms with Gasteiger partial charge in [-0.3, -0.25) is 9.59 Å². The van der Waals surface area contributed by atoms with Gasteiger partial charge >= 0.3 is 0 Å². The second-order valence-electron chi connectivity index (χ2n) is 7.05. The molecule has 0 fully saturated rings. The summed E-state index contributed by atoms with van der Waals surface area (Å²) in [6.45, 7) is 1.11. The molecule has 4 aromatic rings. The van der Waals surface area contributed by atoms with Crippen LogP contribution in [0, 0.1) is 0 Å². The minimum atomic E-state index is -3.92. The highest BCUT2D eigenvalue weighted by atomic mass is 32.2. The van der Waals surface area contributed by atoms with E-state index in [1.54, 1.807) is 30.7 Å². The van der Waals surface area contributed by atoms with Gasteiger partial charge in [0.1, 0.15) is 11.4 Å². The number of aromatic nitrogens is 2. The van der Waals surface area contributed by atoms with E-state index in [4.69, 9.17) is 8.83 Å². The van der Waals surface area contributed by atoms with Crippen LogP contribution in [0.15, 0.2) is 79.9 Å². The number of sulfonamides is 1. The van der Waals surface area contributed by atoms with Crippen LogP contribution in [-0.2, 0) is 19.6 Å². The third kappa shape index (κ3) is 5.58. The van der Waals surface area contributed by atoms with Crippen molar-refractivity contribution in [1.82, 2.24) is 14.7 Å². The first-order valence-corrected chi connectivity index (χ1v) is 12.5. The molecule has 3 aromatic heterocycles. The maximum atomic E-state index is 12.3. The average Bonchev–Trinajstić information content (AvgIpc) is 3.54. The second kappa shape index (κ2) is 10.0. The Hall–Kier alpha value is -3.77. The molecule has 3 heterocycles. The minimum Gasteiger partial charge on any atom is -0.463 e. The summed E-state index contributed by atoms with van der Waals surface area (Å²) in [6, 6.07) is 12.7. The highest BCUT2D eigenvalue weighted by molar-refractivity contribution is 7.99. The number of nitrogens with zero attached hydrogens (tertiary/aromatic N) is 1. The summed E-state index contributed by atoms with van der Waals surface area (Å²) in [7, 11) is -3.92. The number of carbonyl (C=O) groups excluding carboxylic acids is 2. The Labute approximate surface area is 199 Å². The number of furan rings is 2. The predicted molar refractivity (Wildman–Crippen MR) is 125 cm³/mol. The molecule has 0 aliphatic heterocycles. The number of imidazole rings is 1. The monoisotopic (exact) mass is 500 g/mol. The van der Waals surface area contributed by atoms with Crippen LogP contribution in [0.2, 0.25) is 0 Å². The molecule has 176 valence electrons. The van der Waals surface area contributed by atoms with Gasteiger partial charge < -0.3 is 19.1 Å². The van der Waals surface area contributed by atoms with Crippen LogP contribution in [0.5, 0.6) is 0 Å². The first-order chi connectivity index (χ1) is 16.3. The molecule has 0 unspecified atom stereocenters. The van der Waals surface area contributed by atoms with E-state index in [-0.39, 0.29) is 17.2 Å². The molecular formula is C22H20N4O6S2. The molecule has 0 saturated heterocycles. The van der Waals surface area contributed by atoms with E-state index in [1.165, 1.54) is 36.0 Å². The summed E-state index contributed by atoms with van der Waals surface area (Å²) in [5.74, 6) is 0.737. The molecule has 0 saturated carbocycles. The maximum absolute atomic E-state index is 12.3. The van der Waals surface area contributed by atoms with Crippen LogP contribution in [0.25, 0.3) is 22.9 Å². The first-order valence-electron chi connectivity index (χ1n) is 10.1. The van der Waals surface area contributed by atoms with Gasteiger partial charge in [0.15, 0.2) is 16.7 Å². The van der Waals surface area contributed by atoms with Crippen LogP contribution >= 0.6 is 11.8 Å². The van der Waals surface area contributed by atoms with Crippen LogP contribution < -0.4 is 10.0 Å². The number of hydrogen-bond donors (Lipinski definition) is 3. The predicted octanol–water partition coefficient (Wildman–Crippen LogP) is 3.88.